The molecule has 30 heavy (non-hydrogen) atoms. The molecule has 158 valence electrons. The van der Waals surface area contributed by atoms with E-state index >= 15 is 0 Å². The average Bonchev–Trinajstić information content (AvgIpc) is 3.22. The summed E-state index contributed by atoms with van der Waals surface area (Å²) in [6, 6.07) is 15.9. The molecule has 0 bridgehead atoms. The summed E-state index contributed by atoms with van der Waals surface area (Å²) < 4.78 is 5.59. The third-order valence-corrected chi connectivity index (χ3v) is 5.99. The molecule has 4 rings (SSSR count). The molecule has 0 spiro atoms. The van der Waals surface area contributed by atoms with E-state index in [0.29, 0.717) is 6.42 Å². The summed E-state index contributed by atoms with van der Waals surface area (Å²) in [6.45, 7) is 6.65. The van der Waals surface area contributed by atoms with Gasteiger partial charge in [-0.3, -0.25) is 9.59 Å². The number of benzene rings is 2. The van der Waals surface area contributed by atoms with Crippen molar-refractivity contribution in [3.8, 4) is 5.75 Å². The Morgan fingerprint density at radius 1 is 1.13 bits per heavy atom. The highest BCUT2D eigenvalue weighted by atomic mass is 16.5. The molecule has 0 aliphatic carbocycles. The standard InChI is InChI=1S/C24H29N3O3/c1-18(28)25-22(20-5-3-2-4-6-20)16-24(29)27-12-10-26(11-13-27)17-19-7-8-23-21(15-19)9-14-30-23/h2-8,15,22H,9-14,16-17H2,1H3,(H,25,28)/p+1/t22-/m1/s1. The molecule has 1 saturated heterocycles. The van der Waals surface area contributed by atoms with Crippen LogP contribution >= 0.6 is 0 Å². The van der Waals surface area contributed by atoms with E-state index in [1.54, 1.807) is 0 Å². The molecule has 2 aromatic rings. The lowest BCUT2D eigenvalue weighted by Gasteiger charge is -2.33. The van der Waals surface area contributed by atoms with E-state index < -0.39 is 0 Å². The van der Waals surface area contributed by atoms with E-state index in [2.05, 4.69) is 23.5 Å². The van der Waals surface area contributed by atoms with E-state index in [0.717, 1.165) is 57.1 Å². The van der Waals surface area contributed by atoms with Gasteiger partial charge in [-0.2, -0.15) is 0 Å². The van der Waals surface area contributed by atoms with Crippen LogP contribution in [-0.4, -0.2) is 49.5 Å². The average molecular weight is 409 g/mol. The molecule has 6 nitrogen and oxygen atoms in total. The number of hydrogen-bond donors (Lipinski definition) is 2. The van der Waals surface area contributed by atoms with Gasteiger partial charge in [-0.05, 0) is 29.3 Å². The molecular weight excluding hydrogens is 378 g/mol. The van der Waals surface area contributed by atoms with Crippen LogP contribution in [0, 0.1) is 0 Å². The Kier molecular flexibility index (Phi) is 6.33. The second-order valence-corrected chi connectivity index (χ2v) is 8.22. The molecular formula is C24H30N3O3+. The highest BCUT2D eigenvalue weighted by molar-refractivity contribution is 5.79. The minimum absolute atomic E-state index is 0.103. The highest BCUT2D eigenvalue weighted by Crippen LogP contribution is 2.25. The lowest BCUT2D eigenvalue weighted by Crippen LogP contribution is -3.13. The topological polar surface area (TPSA) is 63.1 Å². The number of rotatable bonds is 6. The molecule has 0 radical (unpaired) electrons. The molecule has 0 saturated carbocycles. The van der Waals surface area contributed by atoms with Gasteiger partial charge >= 0.3 is 0 Å². The summed E-state index contributed by atoms with van der Waals surface area (Å²) in [5.41, 5.74) is 3.61. The number of hydrogen-bond acceptors (Lipinski definition) is 3. The zero-order chi connectivity index (χ0) is 20.9. The lowest BCUT2D eigenvalue weighted by molar-refractivity contribution is -0.917. The smallest absolute Gasteiger partial charge is 0.225 e. The maximum Gasteiger partial charge on any atom is 0.225 e. The summed E-state index contributed by atoms with van der Waals surface area (Å²) in [6.07, 6.45) is 1.29. The largest absolute Gasteiger partial charge is 0.493 e. The van der Waals surface area contributed by atoms with Gasteiger partial charge in [-0.15, -0.1) is 0 Å². The zero-order valence-electron chi connectivity index (χ0n) is 17.5. The molecule has 2 heterocycles. The van der Waals surface area contributed by atoms with Gasteiger partial charge in [0.25, 0.3) is 0 Å². The van der Waals surface area contributed by atoms with Crippen LogP contribution in [0.3, 0.4) is 0 Å². The number of nitrogens with one attached hydrogen (secondary N) is 2. The fourth-order valence-corrected chi connectivity index (χ4v) is 4.37. The fourth-order valence-electron chi connectivity index (χ4n) is 4.37. The Morgan fingerprint density at radius 2 is 1.90 bits per heavy atom. The first-order chi connectivity index (χ1) is 14.6. The molecule has 6 heteroatoms. The van der Waals surface area contributed by atoms with Gasteiger partial charge in [0.2, 0.25) is 11.8 Å². The van der Waals surface area contributed by atoms with Gasteiger partial charge in [0.1, 0.15) is 12.3 Å². The number of fused-ring (bicyclic) bond motifs is 1. The van der Waals surface area contributed by atoms with E-state index in [-0.39, 0.29) is 17.9 Å². The van der Waals surface area contributed by atoms with Crippen molar-refractivity contribution in [2.45, 2.75) is 32.4 Å². The van der Waals surface area contributed by atoms with Gasteiger partial charge in [0.05, 0.1) is 45.2 Å². The molecule has 2 N–H and O–H groups in total. The predicted molar refractivity (Wildman–Crippen MR) is 114 cm³/mol. The van der Waals surface area contributed by atoms with Crippen LogP contribution in [0.25, 0.3) is 0 Å². The SMILES string of the molecule is CC(=O)N[C@H](CC(=O)N1CC[NH+](Cc2ccc3c(c2)CCO3)CC1)c1ccccc1. The summed E-state index contributed by atoms with van der Waals surface area (Å²) in [4.78, 5) is 28.0. The number of carbonyl (C=O) groups excluding carboxylic acids is 2. The van der Waals surface area contributed by atoms with E-state index in [9.17, 15) is 9.59 Å². The first-order valence-electron chi connectivity index (χ1n) is 10.8. The molecule has 2 aliphatic heterocycles. The second kappa shape index (κ2) is 9.30. The zero-order valence-corrected chi connectivity index (χ0v) is 17.5. The van der Waals surface area contributed by atoms with Crippen LogP contribution in [-0.2, 0) is 22.6 Å². The summed E-state index contributed by atoms with van der Waals surface area (Å²) in [7, 11) is 0. The lowest BCUT2D eigenvalue weighted by atomic mass is 10.0. The number of piperazine rings is 1. The maximum atomic E-state index is 12.9. The summed E-state index contributed by atoms with van der Waals surface area (Å²) >= 11 is 0. The van der Waals surface area contributed by atoms with Crippen molar-refractivity contribution in [3.05, 3.63) is 65.2 Å². The van der Waals surface area contributed by atoms with Crippen molar-refractivity contribution in [2.24, 2.45) is 0 Å². The molecule has 2 aromatic carbocycles. The Hall–Kier alpha value is -2.86. The molecule has 2 aliphatic rings. The molecule has 1 fully saturated rings. The van der Waals surface area contributed by atoms with E-state index in [1.165, 1.54) is 23.0 Å². The number of quaternary nitrogens is 1. The molecule has 0 unspecified atom stereocenters. The van der Waals surface area contributed by atoms with Crippen molar-refractivity contribution in [2.75, 3.05) is 32.8 Å². The quantitative estimate of drug-likeness (QED) is 0.753. The van der Waals surface area contributed by atoms with Crippen molar-refractivity contribution in [1.29, 1.82) is 0 Å². The second-order valence-electron chi connectivity index (χ2n) is 8.22. The van der Waals surface area contributed by atoms with Gasteiger partial charge in [0, 0.05) is 18.9 Å². The summed E-state index contributed by atoms with van der Waals surface area (Å²) in [5, 5.41) is 2.93. The number of ether oxygens (including phenoxy) is 1. The van der Waals surface area contributed by atoms with Crippen LogP contribution in [0.5, 0.6) is 5.75 Å². The molecule has 0 aromatic heterocycles. The Morgan fingerprint density at radius 3 is 2.63 bits per heavy atom. The minimum atomic E-state index is -0.282. The third kappa shape index (κ3) is 5.00. The molecule has 1 atom stereocenters. The van der Waals surface area contributed by atoms with Crippen molar-refractivity contribution >= 4 is 11.8 Å². The van der Waals surface area contributed by atoms with E-state index in [4.69, 9.17) is 4.74 Å². The number of nitrogens with zero attached hydrogens (tertiary/aromatic N) is 1. The minimum Gasteiger partial charge on any atom is -0.493 e. The van der Waals surface area contributed by atoms with Gasteiger partial charge in [0.15, 0.2) is 0 Å². The Balaban J connectivity index is 1.30. The van der Waals surface area contributed by atoms with Gasteiger partial charge in [-0.1, -0.05) is 30.3 Å². The molecule has 2 amide bonds. The van der Waals surface area contributed by atoms with Crippen LogP contribution in [0.4, 0.5) is 0 Å². The van der Waals surface area contributed by atoms with Crippen molar-refractivity contribution < 1.29 is 19.2 Å². The van der Waals surface area contributed by atoms with Crippen LogP contribution in [0.15, 0.2) is 48.5 Å². The van der Waals surface area contributed by atoms with Gasteiger partial charge in [-0.25, -0.2) is 0 Å². The Bertz CT molecular complexity index is 892. The third-order valence-electron chi connectivity index (χ3n) is 5.99. The fraction of sp³-hybridized carbons (Fsp3) is 0.417. The van der Waals surface area contributed by atoms with Crippen LogP contribution in [0.1, 0.15) is 36.1 Å². The first-order valence-corrected chi connectivity index (χ1v) is 10.8. The summed E-state index contributed by atoms with van der Waals surface area (Å²) in [5.74, 6) is 1.01. The normalized spacial score (nSPS) is 17.2. The van der Waals surface area contributed by atoms with Gasteiger partial charge < -0.3 is 19.9 Å². The maximum absolute atomic E-state index is 12.9. The Labute approximate surface area is 177 Å². The predicted octanol–water partition coefficient (Wildman–Crippen LogP) is 1.12. The number of amides is 2. The van der Waals surface area contributed by atoms with Crippen LogP contribution < -0.4 is 15.0 Å². The monoisotopic (exact) mass is 408 g/mol. The highest BCUT2D eigenvalue weighted by Gasteiger charge is 2.27. The van der Waals surface area contributed by atoms with Crippen molar-refractivity contribution in [1.82, 2.24) is 10.2 Å². The van der Waals surface area contributed by atoms with E-state index in [1.807, 2.05) is 35.2 Å². The van der Waals surface area contributed by atoms with Crippen LogP contribution in [0.2, 0.25) is 0 Å². The first kappa shape index (κ1) is 20.4. The number of carbonyl (C=O) groups is 2. The van der Waals surface area contributed by atoms with Crippen molar-refractivity contribution in [3.63, 3.8) is 0 Å².